The van der Waals surface area contributed by atoms with Crippen LogP contribution in [0.4, 0.5) is 0 Å². The van der Waals surface area contributed by atoms with E-state index >= 15 is 0 Å². The molecule has 2 rings (SSSR count). The minimum atomic E-state index is 0.741. The molecule has 0 saturated carbocycles. The maximum atomic E-state index is 5.37. The Hall–Kier alpha value is -1.75. The van der Waals surface area contributed by atoms with Gasteiger partial charge < -0.3 is 14.2 Å². The smallest absolute Gasteiger partial charge is 0.197 e. The molecule has 1 aromatic heterocycles. The SMILES string of the molecule is COc1ccc(-c2nc(C)c(OC)s2)c(OC)c1. The summed E-state index contributed by atoms with van der Waals surface area (Å²) in [6.45, 7) is 1.93. The number of hydrogen-bond acceptors (Lipinski definition) is 5. The van der Waals surface area contributed by atoms with Crippen LogP contribution in [0.1, 0.15) is 5.69 Å². The second-order valence-electron chi connectivity index (χ2n) is 3.66. The highest BCUT2D eigenvalue weighted by molar-refractivity contribution is 7.17. The molecule has 0 unspecified atom stereocenters. The molecule has 1 heterocycles. The van der Waals surface area contributed by atoms with Gasteiger partial charge in [0.15, 0.2) is 5.06 Å². The van der Waals surface area contributed by atoms with E-state index in [-0.39, 0.29) is 0 Å². The van der Waals surface area contributed by atoms with Crippen molar-refractivity contribution in [2.45, 2.75) is 6.92 Å². The zero-order valence-corrected chi connectivity index (χ0v) is 11.6. The summed E-state index contributed by atoms with van der Waals surface area (Å²) in [6.07, 6.45) is 0. The average molecular weight is 265 g/mol. The van der Waals surface area contributed by atoms with Crippen molar-refractivity contribution in [3.05, 3.63) is 23.9 Å². The van der Waals surface area contributed by atoms with Gasteiger partial charge in [-0.05, 0) is 19.1 Å². The molecule has 0 amide bonds. The first kappa shape index (κ1) is 12.7. The van der Waals surface area contributed by atoms with Gasteiger partial charge in [0.05, 0.1) is 32.6 Å². The summed E-state index contributed by atoms with van der Waals surface area (Å²) < 4.78 is 15.8. The minimum Gasteiger partial charge on any atom is -0.497 e. The lowest BCUT2D eigenvalue weighted by molar-refractivity contribution is 0.395. The van der Waals surface area contributed by atoms with E-state index in [4.69, 9.17) is 14.2 Å². The monoisotopic (exact) mass is 265 g/mol. The van der Waals surface area contributed by atoms with Crippen molar-refractivity contribution in [3.8, 4) is 27.1 Å². The van der Waals surface area contributed by atoms with E-state index in [0.717, 1.165) is 32.8 Å². The van der Waals surface area contributed by atoms with Gasteiger partial charge in [-0.15, -0.1) is 0 Å². The van der Waals surface area contributed by atoms with Gasteiger partial charge >= 0.3 is 0 Å². The molecule has 0 radical (unpaired) electrons. The molecule has 0 aliphatic heterocycles. The largest absolute Gasteiger partial charge is 0.497 e. The van der Waals surface area contributed by atoms with Gasteiger partial charge in [0, 0.05) is 6.07 Å². The van der Waals surface area contributed by atoms with Crippen molar-refractivity contribution < 1.29 is 14.2 Å². The first-order chi connectivity index (χ1) is 8.69. The number of rotatable bonds is 4. The van der Waals surface area contributed by atoms with Crippen LogP contribution in [0.3, 0.4) is 0 Å². The predicted molar refractivity (Wildman–Crippen MR) is 71.9 cm³/mol. The molecule has 0 spiro atoms. The van der Waals surface area contributed by atoms with E-state index in [1.807, 2.05) is 25.1 Å². The van der Waals surface area contributed by atoms with Gasteiger partial charge in [-0.2, -0.15) is 0 Å². The number of aryl methyl sites for hydroxylation is 1. The second kappa shape index (κ2) is 5.27. The summed E-state index contributed by atoms with van der Waals surface area (Å²) in [5, 5.41) is 1.70. The van der Waals surface area contributed by atoms with Gasteiger partial charge in [0.2, 0.25) is 0 Å². The quantitative estimate of drug-likeness (QED) is 0.851. The van der Waals surface area contributed by atoms with Gasteiger partial charge in [0.1, 0.15) is 16.5 Å². The van der Waals surface area contributed by atoms with Crippen molar-refractivity contribution in [3.63, 3.8) is 0 Å². The fourth-order valence-electron chi connectivity index (χ4n) is 1.66. The number of nitrogens with zero attached hydrogens (tertiary/aromatic N) is 1. The minimum absolute atomic E-state index is 0.741. The highest BCUT2D eigenvalue weighted by atomic mass is 32.1. The first-order valence-corrected chi connectivity index (χ1v) is 6.25. The Morgan fingerprint density at radius 2 is 1.83 bits per heavy atom. The van der Waals surface area contributed by atoms with E-state index < -0.39 is 0 Å². The van der Waals surface area contributed by atoms with Gasteiger partial charge in [0.25, 0.3) is 0 Å². The number of methoxy groups -OCH3 is 3. The molecule has 5 heteroatoms. The van der Waals surface area contributed by atoms with Crippen LogP contribution >= 0.6 is 11.3 Å². The topological polar surface area (TPSA) is 40.6 Å². The number of aromatic nitrogens is 1. The van der Waals surface area contributed by atoms with Crippen LogP contribution in [0.15, 0.2) is 18.2 Å². The fourth-order valence-corrected chi connectivity index (χ4v) is 2.58. The van der Waals surface area contributed by atoms with Crippen LogP contribution in [-0.4, -0.2) is 26.3 Å². The summed E-state index contributed by atoms with van der Waals surface area (Å²) in [4.78, 5) is 4.49. The Balaban J connectivity index is 2.48. The van der Waals surface area contributed by atoms with E-state index in [9.17, 15) is 0 Å². The Bertz CT molecular complexity index is 551. The summed E-state index contributed by atoms with van der Waals surface area (Å²) in [7, 11) is 4.91. The van der Waals surface area contributed by atoms with Crippen molar-refractivity contribution in [2.75, 3.05) is 21.3 Å². The summed E-state index contributed by atoms with van der Waals surface area (Å²) in [5.41, 5.74) is 1.82. The molecule has 18 heavy (non-hydrogen) atoms. The first-order valence-electron chi connectivity index (χ1n) is 5.43. The van der Waals surface area contributed by atoms with E-state index in [0.29, 0.717) is 0 Å². The van der Waals surface area contributed by atoms with Crippen molar-refractivity contribution in [1.82, 2.24) is 4.98 Å². The standard InChI is InChI=1S/C13H15NO3S/c1-8-13(17-4)18-12(14-8)10-6-5-9(15-2)7-11(10)16-3/h5-7H,1-4H3. The predicted octanol–water partition coefficient (Wildman–Crippen LogP) is 3.14. The lowest BCUT2D eigenvalue weighted by Gasteiger charge is -2.07. The molecule has 0 aliphatic rings. The highest BCUT2D eigenvalue weighted by Crippen LogP contribution is 2.39. The molecule has 0 N–H and O–H groups in total. The summed E-state index contributed by atoms with van der Waals surface area (Å²) in [5.74, 6) is 1.50. The number of thiazole rings is 1. The van der Waals surface area contributed by atoms with Crippen LogP contribution in [0.2, 0.25) is 0 Å². The number of hydrogen-bond donors (Lipinski definition) is 0. The maximum Gasteiger partial charge on any atom is 0.197 e. The van der Waals surface area contributed by atoms with Crippen LogP contribution in [0.5, 0.6) is 16.6 Å². The lowest BCUT2D eigenvalue weighted by atomic mass is 10.2. The number of benzene rings is 1. The second-order valence-corrected chi connectivity index (χ2v) is 4.62. The van der Waals surface area contributed by atoms with Crippen molar-refractivity contribution in [1.29, 1.82) is 0 Å². The van der Waals surface area contributed by atoms with Gasteiger partial charge in [-0.3, -0.25) is 0 Å². The number of ether oxygens (including phenoxy) is 3. The average Bonchev–Trinajstić information content (AvgIpc) is 2.79. The van der Waals surface area contributed by atoms with E-state index in [1.54, 1.807) is 21.3 Å². The molecular weight excluding hydrogens is 250 g/mol. The van der Waals surface area contributed by atoms with Crippen molar-refractivity contribution >= 4 is 11.3 Å². The zero-order valence-electron chi connectivity index (χ0n) is 10.8. The highest BCUT2D eigenvalue weighted by Gasteiger charge is 2.14. The summed E-state index contributed by atoms with van der Waals surface area (Å²) in [6, 6.07) is 5.68. The molecule has 0 bridgehead atoms. The van der Waals surface area contributed by atoms with E-state index in [1.165, 1.54) is 11.3 Å². The van der Waals surface area contributed by atoms with Gasteiger partial charge in [-0.25, -0.2) is 4.98 Å². The summed E-state index contributed by atoms with van der Waals surface area (Å²) >= 11 is 1.50. The lowest BCUT2D eigenvalue weighted by Crippen LogP contribution is -1.90. The third-order valence-corrected chi connectivity index (χ3v) is 3.73. The van der Waals surface area contributed by atoms with Gasteiger partial charge in [-0.1, -0.05) is 11.3 Å². The van der Waals surface area contributed by atoms with Crippen LogP contribution < -0.4 is 14.2 Å². The molecular formula is C13H15NO3S. The Morgan fingerprint density at radius 3 is 2.39 bits per heavy atom. The Kier molecular flexibility index (Phi) is 3.72. The molecule has 0 atom stereocenters. The molecule has 1 aromatic carbocycles. The Labute approximate surface area is 110 Å². The normalized spacial score (nSPS) is 10.2. The van der Waals surface area contributed by atoms with E-state index in [2.05, 4.69) is 4.98 Å². The fraction of sp³-hybridized carbons (Fsp3) is 0.308. The third-order valence-electron chi connectivity index (χ3n) is 2.58. The molecule has 0 aliphatic carbocycles. The molecule has 0 saturated heterocycles. The Morgan fingerprint density at radius 1 is 1.06 bits per heavy atom. The van der Waals surface area contributed by atoms with Crippen LogP contribution in [0, 0.1) is 6.92 Å². The molecule has 4 nitrogen and oxygen atoms in total. The molecule has 2 aromatic rings. The van der Waals surface area contributed by atoms with Crippen LogP contribution in [0.25, 0.3) is 10.6 Å². The maximum absolute atomic E-state index is 5.37. The third kappa shape index (κ3) is 2.26. The van der Waals surface area contributed by atoms with Crippen LogP contribution in [-0.2, 0) is 0 Å². The molecule has 0 fully saturated rings. The molecule has 96 valence electrons. The zero-order chi connectivity index (χ0) is 13.1. The van der Waals surface area contributed by atoms with Crippen molar-refractivity contribution in [2.24, 2.45) is 0 Å².